The van der Waals surface area contributed by atoms with Gasteiger partial charge in [-0.05, 0) is 31.2 Å². The van der Waals surface area contributed by atoms with Crippen molar-refractivity contribution >= 4 is 45.9 Å². The van der Waals surface area contributed by atoms with Crippen molar-refractivity contribution in [2.75, 3.05) is 5.43 Å². The van der Waals surface area contributed by atoms with Crippen LogP contribution in [0.5, 0.6) is 0 Å². The van der Waals surface area contributed by atoms with Crippen LogP contribution in [0.4, 0.5) is 10.3 Å². The number of nitrogens with zero attached hydrogens (tertiary/aromatic N) is 2. The monoisotopic (exact) mass is 336 g/mol. The molecule has 0 amide bonds. The highest BCUT2D eigenvalue weighted by Crippen LogP contribution is 2.25. The number of para-hydroxylation sites is 2. The first-order valence-electron chi connectivity index (χ1n) is 6.44. The molecule has 7 heteroatoms. The maximum Gasteiger partial charge on any atom is 0.222 e. The van der Waals surface area contributed by atoms with E-state index in [2.05, 4.69) is 20.5 Å². The van der Waals surface area contributed by atoms with Gasteiger partial charge in [0.1, 0.15) is 5.82 Å². The van der Waals surface area contributed by atoms with Crippen LogP contribution in [0.3, 0.4) is 0 Å². The van der Waals surface area contributed by atoms with E-state index in [1.807, 2.05) is 24.3 Å². The van der Waals surface area contributed by atoms with E-state index < -0.39 is 5.82 Å². The van der Waals surface area contributed by atoms with Gasteiger partial charge in [0.2, 0.25) is 5.95 Å². The van der Waals surface area contributed by atoms with Crippen molar-refractivity contribution < 1.29 is 4.39 Å². The fourth-order valence-electron chi connectivity index (χ4n) is 2.00. The van der Waals surface area contributed by atoms with E-state index in [-0.39, 0.29) is 5.02 Å². The molecule has 4 nitrogen and oxygen atoms in total. The van der Waals surface area contributed by atoms with Gasteiger partial charge in [-0.15, -0.1) is 0 Å². The summed E-state index contributed by atoms with van der Waals surface area (Å²) >= 11 is 11.7. The van der Waals surface area contributed by atoms with Gasteiger partial charge >= 0.3 is 0 Å². The number of imidazole rings is 1. The molecule has 3 rings (SSSR count). The Balaban J connectivity index is 1.87. The SMILES string of the molecule is C/C(=N/Nc1nc2ccccc2[nH]1)c1cc(F)c(Cl)cc1Cl. The minimum atomic E-state index is -0.542. The largest absolute Gasteiger partial charge is 0.323 e. The smallest absolute Gasteiger partial charge is 0.222 e. The molecule has 2 N–H and O–H groups in total. The zero-order valence-electron chi connectivity index (χ0n) is 11.5. The van der Waals surface area contributed by atoms with Crippen LogP contribution in [-0.2, 0) is 0 Å². The Kier molecular flexibility index (Phi) is 4.00. The summed E-state index contributed by atoms with van der Waals surface area (Å²) < 4.78 is 13.5. The molecule has 2 aromatic carbocycles. The van der Waals surface area contributed by atoms with Crippen LogP contribution in [0.1, 0.15) is 12.5 Å². The van der Waals surface area contributed by atoms with Crippen LogP contribution >= 0.6 is 23.2 Å². The third-order valence-electron chi connectivity index (χ3n) is 3.12. The summed E-state index contributed by atoms with van der Waals surface area (Å²) in [6.45, 7) is 1.71. The highest BCUT2D eigenvalue weighted by Gasteiger charge is 2.10. The highest BCUT2D eigenvalue weighted by molar-refractivity contribution is 6.37. The summed E-state index contributed by atoms with van der Waals surface area (Å²) in [5.74, 6) is -0.0505. The Morgan fingerprint density at radius 2 is 2.00 bits per heavy atom. The topological polar surface area (TPSA) is 53.1 Å². The van der Waals surface area contributed by atoms with E-state index in [1.165, 1.54) is 12.1 Å². The fraction of sp³-hybridized carbons (Fsp3) is 0.0667. The van der Waals surface area contributed by atoms with Gasteiger partial charge in [0.05, 0.1) is 26.8 Å². The Bertz CT molecular complexity index is 840. The zero-order valence-corrected chi connectivity index (χ0v) is 13.0. The Hall–Kier alpha value is -2.11. The predicted octanol–water partition coefficient (Wildman–Crippen LogP) is 4.84. The van der Waals surface area contributed by atoms with E-state index in [4.69, 9.17) is 23.2 Å². The molecule has 0 saturated heterocycles. The number of nitrogens with one attached hydrogen (secondary N) is 2. The standard InChI is InChI=1S/C15H11Cl2FN4/c1-8(9-6-12(18)11(17)7-10(9)16)21-22-15-19-13-4-2-3-5-14(13)20-15/h2-7H,1H3,(H2,19,20,22)/b21-8-. The van der Waals surface area contributed by atoms with Crippen LogP contribution < -0.4 is 5.43 Å². The summed E-state index contributed by atoms with van der Waals surface area (Å²) in [5, 5.41) is 4.48. The fourth-order valence-corrected chi connectivity index (χ4v) is 2.52. The summed E-state index contributed by atoms with van der Waals surface area (Å²) in [7, 11) is 0. The molecule has 1 aromatic heterocycles. The minimum Gasteiger partial charge on any atom is -0.323 e. The lowest BCUT2D eigenvalue weighted by Gasteiger charge is -2.05. The zero-order chi connectivity index (χ0) is 15.7. The van der Waals surface area contributed by atoms with Gasteiger partial charge in [0.25, 0.3) is 0 Å². The first-order chi connectivity index (χ1) is 10.5. The Labute approximate surface area is 136 Å². The number of hydrazone groups is 1. The molecule has 0 fully saturated rings. The lowest BCUT2D eigenvalue weighted by molar-refractivity contribution is 0.628. The summed E-state index contributed by atoms with van der Waals surface area (Å²) in [5.41, 5.74) is 5.50. The molecule has 0 bridgehead atoms. The second-order valence-electron chi connectivity index (χ2n) is 4.66. The molecule has 0 aliphatic rings. The molecule has 1 heterocycles. The molecule has 0 aliphatic carbocycles. The van der Waals surface area contributed by atoms with Crippen molar-refractivity contribution in [3.8, 4) is 0 Å². The molecule has 112 valence electrons. The summed E-state index contributed by atoms with van der Waals surface area (Å²) in [4.78, 5) is 7.41. The number of halogens is 3. The van der Waals surface area contributed by atoms with Crippen molar-refractivity contribution in [2.24, 2.45) is 5.10 Å². The molecule has 3 aromatic rings. The number of hydrogen-bond donors (Lipinski definition) is 2. The Morgan fingerprint density at radius 3 is 2.77 bits per heavy atom. The summed E-state index contributed by atoms with van der Waals surface area (Å²) in [6, 6.07) is 10.2. The van der Waals surface area contributed by atoms with Crippen molar-refractivity contribution in [3.05, 3.63) is 57.8 Å². The van der Waals surface area contributed by atoms with Crippen LogP contribution in [0, 0.1) is 5.82 Å². The van der Waals surface area contributed by atoms with Crippen molar-refractivity contribution in [1.29, 1.82) is 0 Å². The number of H-pyrrole nitrogens is 1. The average Bonchev–Trinajstić information content (AvgIpc) is 2.91. The van der Waals surface area contributed by atoms with Crippen molar-refractivity contribution in [2.45, 2.75) is 6.92 Å². The van der Waals surface area contributed by atoms with Gasteiger partial charge in [-0.25, -0.2) is 14.8 Å². The maximum absolute atomic E-state index is 13.5. The van der Waals surface area contributed by atoms with Gasteiger partial charge in [-0.3, -0.25) is 0 Å². The minimum absolute atomic E-state index is 0.0215. The van der Waals surface area contributed by atoms with Crippen LogP contribution in [0.25, 0.3) is 11.0 Å². The number of anilines is 1. The number of aromatic nitrogens is 2. The lowest BCUT2D eigenvalue weighted by Crippen LogP contribution is -2.02. The normalized spacial score (nSPS) is 11.9. The van der Waals surface area contributed by atoms with Crippen LogP contribution in [-0.4, -0.2) is 15.7 Å². The summed E-state index contributed by atoms with van der Waals surface area (Å²) in [6.07, 6.45) is 0. The maximum atomic E-state index is 13.5. The van der Waals surface area contributed by atoms with E-state index in [0.29, 0.717) is 22.2 Å². The van der Waals surface area contributed by atoms with Gasteiger partial charge in [0.15, 0.2) is 0 Å². The van der Waals surface area contributed by atoms with Crippen molar-refractivity contribution in [1.82, 2.24) is 9.97 Å². The first-order valence-corrected chi connectivity index (χ1v) is 7.20. The molecule has 0 radical (unpaired) electrons. The molecule has 0 aliphatic heterocycles. The van der Waals surface area contributed by atoms with Gasteiger partial charge in [0, 0.05) is 5.56 Å². The van der Waals surface area contributed by atoms with Gasteiger partial charge < -0.3 is 4.98 Å². The molecule has 0 atom stereocenters. The van der Waals surface area contributed by atoms with Gasteiger partial charge in [-0.2, -0.15) is 5.10 Å². The third kappa shape index (κ3) is 2.91. The molecule has 0 unspecified atom stereocenters. The number of benzene rings is 2. The molecular weight excluding hydrogens is 326 g/mol. The van der Waals surface area contributed by atoms with Crippen LogP contribution in [0.15, 0.2) is 41.5 Å². The second kappa shape index (κ2) is 5.94. The molecule has 22 heavy (non-hydrogen) atoms. The molecule has 0 saturated carbocycles. The number of aromatic amines is 1. The highest BCUT2D eigenvalue weighted by atomic mass is 35.5. The van der Waals surface area contributed by atoms with E-state index in [9.17, 15) is 4.39 Å². The van der Waals surface area contributed by atoms with Crippen molar-refractivity contribution in [3.63, 3.8) is 0 Å². The molecule has 0 spiro atoms. The lowest BCUT2D eigenvalue weighted by atomic mass is 10.1. The Morgan fingerprint density at radius 1 is 1.23 bits per heavy atom. The van der Waals surface area contributed by atoms with E-state index in [0.717, 1.165) is 11.0 Å². The number of hydrogen-bond acceptors (Lipinski definition) is 3. The molecular formula is C15H11Cl2FN4. The van der Waals surface area contributed by atoms with E-state index >= 15 is 0 Å². The van der Waals surface area contributed by atoms with E-state index in [1.54, 1.807) is 6.92 Å². The quantitative estimate of drug-likeness (QED) is 0.408. The average molecular weight is 337 g/mol. The number of rotatable bonds is 3. The number of fused-ring (bicyclic) bond motifs is 1. The third-order valence-corrected chi connectivity index (χ3v) is 3.72. The van der Waals surface area contributed by atoms with Crippen LogP contribution in [0.2, 0.25) is 10.0 Å². The van der Waals surface area contributed by atoms with Gasteiger partial charge in [-0.1, -0.05) is 35.3 Å². The predicted molar refractivity (Wildman–Crippen MR) is 88.3 cm³/mol. The second-order valence-corrected chi connectivity index (χ2v) is 5.47. The first kappa shape index (κ1) is 14.8.